The molecular weight excluding hydrogens is 294 g/mol. The number of pyridine rings is 1. The monoisotopic (exact) mass is 306 g/mol. The van der Waals surface area contributed by atoms with Gasteiger partial charge >= 0.3 is 0 Å². The first kappa shape index (κ1) is 14.2. The van der Waals surface area contributed by atoms with Crippen LogP contribution in [0.2, 0.25) is 0 Å². The van der Waals surface area contributed by atoms with E-state index >= 15 is 0 Å². The molecule has 0 radical (unpaired) electrons. The third kappa shape index (κ3) is 2.14. The number of nitrogens with zero attached hydrogens (tertiary/aromatic N) is 2. The number of hydrogen-bond acceptors (Lipinski definition) is 4. The molecule has 3 rings (SSSR count). The van der Waals surface area contributed by atoms with Gasteiger partial charge in [-0.05, 0) is 18.1 Å². The van der Waals surface area contributed by atoms with Crippen LogP contribution in [-0.2, 0) is 6.54 Å². The van der Waals surface area contributed by atoms with E-state index in [1.807, 2.05) is 0 Å². The van der Waals surface area contributed by atoms with E-state index in [2.05, 4.69) is 4.98 Å². The first-order valence-electron chi connectivity index (χ1n) is 6.53. The first-order valence-corrected chi connectivity index (χ1v) is 6.53. The average molecular weight is 306 g/mol. The molecule has 22 heavy (non-hydrogen) atoms. The maximum Gasteiger partial charge on any atom is 0.265 e. The zero-order valence-electron chi connectivity index (χ0n) is 11.6. The summed E-state index contributed by atoms with van der Waals surface area (Å²) in [7, 11) is 0. The number of aryl methyl sites for hydroxylation is 1. The molecule has 0 aliphatic heterocycles. The molecule has 0 saturated carbocycles. The van der Waals surface area contributed by atoms with Crippen molar-refractivity contribution in [1.82, 2.24) is 9.55 Å². The summed E-state index contributed by atoms with van der Waals surface area (Å²) in [5, 5.41) is 10.3. The van der Waals surface area contributed by atoms with Crippen LogP contribution in [0.3, 0.4) is 0 Å². The second kappa shape index (κ2) is 5.25. The Morgan fingerprint density at radius 1 is 1.36 bits per heavy atom. The van der Waals surface area contributed by atoms with Crippen molar-refractivity contribution in [3.05, 3.63) is 46.6 Å². The molecule has 0 aliphatic carbocycles. The van der Waals surface area contributed by atoms with Gasteiger partial charge in [-0.2, -0.15) is 0 Å². The molecule has 3 aromatic rings. The lowest BCUT2D eigenvalue weighted by molar-refractivity contribution is 0.125. The third-order valence-corrected chi connectivity index (χ3v) is 3.45. The average Bonchev–Trinajstić information content (AvgIpc) is 2.95. The topological polar surface area (TPSA) is 68.3 Å². The molecular formula is C15H12F2N2O3. The largest absolute Gasteiger partial charge is 0.505 e. The molecule has 0 unspecified atom stereocenters. The van der Waals surface area contributed by atoms with Crippen molar-refractivity contribution < 1.29 is 18.3 Å². The highest BCUT2D eigenvalue weighted by Gasteiger charge is 2.23. The highest BCUT2D eigenvalue weighted by molar-refractivity contribution is 5.87. The minimum absolute atomic E-state index is 0.0153. The lowest BCUT2D eigenvalue weighted by atomic mass is 10.0. The number of fused-ring (bicyclic) bond motifs is 1. The lowest BCUT2D eigenvalue weighted by Gasteiger charge is -2.12. The number of halogens is 2. The van der Waals surface area contributed by atoms with Gasteiger partial charge in [-0.1, -0.05) is 24.3 Å². The summed E-state index contributed by atoms with van der Waals surface area (Å²) in [5.74, 6) is -0.367. The van der Waals surface area contributed by atoms with Crippen LogP contribution < -0.4 is 5.56 Å². The highest BCUT2D eigenvalue weighted by Crippen LogP contribution is 2.33. The summed E-state index contributed by atoms with van der Waals surface area (Å²) in [6.07, 6.45) is -1.73. The number of oxazole rings is 1. The van der Waals surface area contributed by atoms with E-state index in [-0.39, 0.29) is 22.5 Å². The van der Waals surface area contributed by atoms with Crippen molar-refractivity contribution in [3.8, 4) is 16.9 Å². The molecule has 114 valence electrons. The van der Waals surface area contributed by atoms with Crippen LogP contribution in [0.5, 0.6) is 5.75 Å². The predicted molar refractivity (Wildman–Crippen MR) is 76.1 cm³/mol. The van der Waals surface area contributed by atoms with E-state index in [9.17, 15) is 18.7 Å². The van der Waals surface area contributed by atoms with E-state index in [4.69, 9.17) is 4.42 Å². The van der Waals surface area contributed by atoms with Gasteiger partial charge in [0, 0.05) is 0 Å². The summed E-state index contributed by atoms with van der Waals surface area (Å²) >= 11 is 0. The summed E-state index contributed by atoms with van der Waals surface area (Å²) in [6, 6.07) is 6.89. The van der Waals surface area contributed by atoms with Crippen molar-refractivity contribution in [3.63, 3.8) is 0 Å². The molecule has 0 spiro atoms. The fraction of sp³-hybridized carbons (Fsp3) is 0.200. The van der Waals surface area contributed by atoms with Gasteiger partial charge in [0.2, 0.25) is 5.71 Å². The lowest BCUT2D eigenvalue weighted by Crippen LogP contribution is -2.25. The molecule has 0 aliphatic rings. The zero-order valence-corrected chi connectivity index (χ0v) is 11.6. The number of benzene rings is 1. The summed E-state index contributed by atoms with van der Waals surface area (Å²) in [6.45, 7) is 0.933. The van der Waals surface area contributed by atoms with Gasteiger partial charge in [0.05, 0.1) is 12.1 Å². The Kier molecular flexibility index (Phi) is 3.40. The van der Waals surface area contributed by atoms with Crippen molar-refractivity contribution in [2.45, 2.75) is 19.9 Å². The van der Waals surface area contributed by atoms with Crippen LogP contribution in [-0.4, -0.2) is 21.1 Å². The van der Waals surface area contributed by atoms with Crippen LogP contribution in [0, 0.1) is 6.92 Å². The van der Waals surface area contributed by atoms with E-state index in [0.717, 1.165) is 16.5 Å². The zero-order chi connectivity index (χ0) is 15.9. The molecule has 0 fully saturated rings. The number of alkyl halides is 2. The van der Waals surface area contributed by atoms with Gasteiger partial charge in [-0.25, -0.2) is 13.8 Å². The van der Waals surface area contributed by atoms with Crippen molar-refractivity contribution >= 4 is 11.2 Å². The van der Waals surface area contributed by atoms with Crippen LogP contribution in [0.15, 0.2) is 39.9 Å². The van der Waals surface area contributed by atoms with Crippen LogP contribution >= 0.6 is 0 Å². The second-order valence-electron chi connectivity index (χ2n) is 4.85. The Hall–Kier alpha value is -2.70. The van der Waals surface area contributed by atoms with Crippen molar-refractivity contribution in [2.75, 3.05) is 0 Å². The molecule has 0 saturated heterocycles. The van der Waals surface area contributed by atoms with E-state index in [1.54, 1.807) is 31.2 Å². The van der Waals surface area contributed by atoms with Crippen LogP contribution in [0.1, 0.15) is 5.56 Å². The normalized spacial score (nSPS) is 11.5. The Labute approximate surface area is 123 Å². The minimum atomic E-state index is -2.74. The summed E-state index contributed by atoms with van der Waals surface area (Å²) in [4.78, 5) is 16.4. The predicted octanol–water partition coefficient (Wildman–Crippen LogP) is 2.94. The maximum atomic E-state index is 12.8. The molecule has 5 nitrogen and oxygen atoms in total. The van der Waals surface area contributed by atoms with Crippen molar-refractivity contribution in [1.29, 1.82) is 0 Å². The van der Waals surface area contributed by atoms with E-state index < -0.39 is 18.5 Å². The van der Waals surface area contributed by atoms with Gasteiger partial charge in [0.15, 0.2) is 17.7 Å². The van der Waals surface area contributed by atoms with Gasteiger partial charge in [0.1, 0.15) is 0 Å². The fourth-order valence-corrected chi connectivity index (χ4v) is 2.44. The second-order valence-corrected chi connectivity index (χ2v) is 4.85. The van der Waals surface area contributed by atoms with Gasteiger partial charge in [-0.15, -0.1) is 0 Å². The van der Waals surface area contributed by atoms with Gasteiger partial charge in [-0.3, -0.25) is 9.36 Å². The first-order chi connectivity index (χ1) is 10.5. The third-order valence-electron chi connectivity index (χ3n) is 3.45. The Bertz CT molecular complexity index is 899. The van der Waals surface area contributed by atoms with Crippen LogP contribution in [0.25, 0.3) is 22.4 Å². The molecule has 1 N–H and O–H groups in total. The smallest absolute Gasteiger partial charge is 0.265 e. The standard InChI is InChI=1S/C15H12F2N2O3/c1-8-4-2-3-5-9(8)11-13(20)12-15(22-7-18-12)19(14(11)21)6-10(16)17/h2-5,7,10,20H,6H2,1H3. The summed E-state index contributed by atoms with van der Waals surface area (Å²) < 4.78 is 31.3. The highest BCUT2D eigenvalue weighted by atomic mass is 19.3. The molecule has 1 aromatic carbocycles. The van der Waals surface area contributed by atoms with Gasteiger partial charge < -0.3 is 9.52 Å². The Morgan fingerprint density at radius 2 is 2.09 bits per heavy atom. The van der Waals surface area contributed by atoms with E-state index in [0.29, 0.717) is 5.56 Å². The number of rotatable bonds is 3. The SMILES string of the molecule is Cc1ccccc1-c1c(O)c2ncoc2n(CC(F)F)c1=O. The fourth-order valence-electron chi connectivity index (χ4n) is 2.44. The Morgan fingerprint density at radius 3 is 2.77 bits per heavy atom. The quantitative estimate of drug-likeness (QED) is 0.808. The van der Waals surface area contributed by atoms with E-state index in [1.165, 1.54) is 0 Å². The summed E-state index contributed by atoms with van der Waals surface area (Å²) in [5.41, 5.74) is 0.231. The maximum absolute atomic E-state index is 12.8. The molecule has 0 atom stereocenters. The number of aromatic hydroxyl groups is 1. The minimum Gasteiger partial charge on any atom is -0.505 e. The molecule has 2 heterocycles. The number of aromatic nitrogens is 2. The van der Waals surface area contributed by atoms with Crippen LogP contribution in [0.4, 0.5) is 8.78 Å². The number of hydrogen-bond donors (Lipinski definition) is 1. The molecule has 0 amide bonds. The molecule has 7 heteroatoms. The Balaban J connectivity index is 2.40. The van der Waals surface area contributed by atoms with Crippen molar-refractivity contribution in [2.24, 2.45) is 0 Å². The molecule has 0 bridgehead atoms. The van der Waals surface area contributed by atoms with Gasteiger partial charge in [0.25, 0.3) is 12.0 Å². The molecule has 2 aromatic heterocycles.